The third kappa shape index (κ3) is 3.64. The number of halogens is 3. The van der Waals surface area contributed by atoms with Crippen LogP contribution in [-0.4, -0.2) is 29.6 Å². The van der Waals surface area contributed by atoms with Crippen molar-refractivity contribution in [3.8, 4) is 5.75 Å². The van der Waals surface area contributed by atoms with Crippen LogP contribution in [0.3, 0.4) is 0 Å². The molecule has 27 heavy (non-hydrogen) atoms. The average molecular weight is 376 g/mol. The second-order valence-electron chi connectivity index (χ2n) is 7.06. The van der Waals surface area contributed by atoms with Crippen LogP contribution in [0.15, 0.2) is 48.5 Å². The predicted octanol–water partition coefficient (Wildman–Crippen LogP) is 3.82. The molecule has 4 rings (SSSR count). The summed E-state index contributed by atoms with van der Waals surface area (Å²) in [4.78, 5) is 14.5. The van der Waals surface area contributed by atoms with E-state index in [1.165, 1.54) is 12.1 Å². The number of carbonyl (C=O) groups excluding carboxylic acids is 1. The van der Waals surface area contributed by atoms with Crippen LogP contribution >= 0.6 is 0 Å². The first-order chi connectivity index (χ1) is 12.8. The van der Waals surface area contributed by atoms with Crippen molar-refractivity contribution in [2.75, 3.05) is 13.1 Å². The molecule has 1 N–H and O–H groups in total. The number of amides is 1. The standard InChI is InChI=1S/C20H19F3N2O2/c21-20(22,23)15-8-6-14(7-9-15)12-25-11-3-10-19(13-25)24-18(26)16-4-1-2-5-17(16)27-19/h1-2,4-9H,3,10-13H2,(H,24,26). The van der Waals surface area contributed by atoms with Gasteiger partial charge in [-0.25, -0.2) is 0 Å². The van der Waals surface area contributed by atoms with E-state index in [1.807, 2.05) is 6.07 Å². The lowest BCUT2D eigenvalue weighted by molar-refractivity contribution is -0.137. The maximum absolute atomic E-state index is 12.7. The van der Waals surface area contributed by atoms with Gasteiger partial charge in [-0.05, 0) is 42.8 Å². The first-order valence-corrected chi connectivity index (χ1v) is 8.84. The molecule has 7 heteroatoms. The van der Waals surface area contributed by atoms with E-state index in [9.17, 15) is 18.0 Å². The van der Waals surface area contributed by atoms with Crippen LogP contribution < -0.4 is 10.1 Å². The molecule has 2 aromatic carbocycles. The number of piperidine rings is 1. The Kier molecular flexibility index (Phi) is 4.34. The minimum Gasteiger partial charge on any atom is -0.466 e. The van der Waals surface area contributed by atoms with Crippen LogP contribution in [0, 0.1) is 0 Å². The predicted molar refractivity (Wildman–Crippen MR) is 93.2 cm³/mol. The number of rotatable bonds is 2. The van der Waals surface area contributed by atoms with Crippen molar-refractivity contribution in [3.05, 3.63) is 65.2 Å². The van der Waals surface area contributed by atoms with Crippen molar-refractivity contribution in [2.24, 2.45) is 0 Å². The number of hydrogen-bond acceptors (Lipinski definition) is 3. The molecule has 2 aliphatic heterocycles. The monoisotopic (exact) mass is 376 g/mol. The van der Waals surface area contributed by atoms with Gasteiger partial charge in [0, 0.05) is 13.0 Å². The fourth-order valence-corrected chi connectivity index (χ4v) is 3.74. The molecular formula is C20H19F3N2O2. The number of carbonyl (C=O) groups is 1. The summed E-state index contributed by atoms with van der Waals surface area (Å²) in [6.45, 7) is 1.78. The summed E-state index contributed by atoms with van der Waals surface area (Å²) in [5.74, 6) is 0.408. The molecule has 1 saturated heterocycles. The molecule has 0 radical (unpaired) electrons. The molecule has 2 aromatic rings. The molecular weight excluding hydrogens is 357 g/mol. The van der Waals surface area contributed by atoms with Crippen molar-refractivity contribution >= 4 is 5.91 Å². The van der Waals surface area contributed by atoms with Crippen LogP contribution in [0.1, 0.15) is 34.3 Å². The van der Waals surface area contributed by atoms with Gasteiger partial charge >= 0.3 is 6.18 Å². The smallest absolute Gasteiger partial charge is 0.416 e. The Morgan fingerprint density at radius 2 is 1.85 bits per heavy atom. The Balaban J connectivity index is 1.48. The molecule has 1 unspecified atom stereocenters. The highest BCUT2D eigenvalue weighted by Gasteiger charge is 2.43. The molecule has 0 saturated carbocycles. The van der Waals surface area contributed by atoms with Crippen molar-refractivity contribution in [2.45, 2.75) is 31.3 Å². The van der Waals surface area contributed by atoms with Crippen LogP contribution in [0.25, 0.3) is 0 Å². The lowest BCUT2D eigenvalue weighted by Crippen LogP contribution is -2.63. The molecule has 1 amide bonds. The van der Waals surface area contributed by atoms with Crippen LogP contribution in [0.4, 0.5) is 13.2 Å². The number of fused-ring (bicyclic) bond motifs is 1. The summed E-state index contributed by atoms with van der Waals surface area (Å²) in [5.41, 5.74) is -0.137. The quantitative estimate of drug-likeness (QED) is 0.867. The first-order valence-electron chi connectivity index (χ1n) is 8.84. The first kappa shape index (κ1) is 17.9. The molecule has 0 bridgehead atoms. The van der Waals surface area contributed by atoms with Gasteiger partial charge in [0.1, 0.15) is 5.75 Å². The van der Waals surface area contributed by atoms with Gasteiger partial charge in [0.2, 0.25) is 0 Å². The molecule has 1 atom stereocenters. The number of nitrogens with zero attached hydrogens (tertiary/aromatic N) is 1. The number of nitrogens with one attached hydrogen (secondary N) is 1. The Morgan fingerprint density at radius 1 is 1.11 bits per heavy atom. The van der Waals surface area contributed by atoms with Gasteiger partial charge in [-0.3, -0.25) is 9.69 Å². The maximum atomic E-state index is 12.7. The minimum absolute atomic E-state index is 0.159. The van der Waals surface area contributed by atoms with Gasteiger partial charge in [0.15, 0.2) is 5.72 Å². The maximum Gasteiger partial charge on any atom is 0.416 e. The average Bonchev–Trinajstić information content (AvgIpc) is 2.61. The lowest BCUT2D eigenvalue weighted by atomic mass is 9.97. The van der Waals surface area contributed by atoms with E-state index in [1.54, 1.807) is 18.2 Å². The van der Waals surface area contributed by atoms with E-state index in [0.29, 0.717) is 30.8 Å². The van der Waals surface area contributed by atoms with Gasteiger partial charge in [-0.2, -0.15) is 13.2 Å². The number of alkyl halides is 3. The summed E-state index contributed by atoms with van der Waals surface area (Å²) in [6.07, 6.45) is -2.82. The topological polar surface area (TPSA) is 41.6 Å². The Labute approximate surface area is 154 Å². The summed E-state index contributed by atoms with van der Waals surface area (Å²) in [5, 5.41) is 2.98. The number of hydrogen-bond donors (Lipinski definition) is 1. The third-order valence-corrected chi connectivity index (χ3v) is 5.00. The van der Waals surface area contributed by atoms with Crippen molar-refractivity contribution in [3.63, 3.8) is 0 Å². The molecule has 1 spiro atoms. The van der Waals surface area contributed by atoms with Crippen LogP contribution in [0.2, 0.25) is 0 Å². The largest absolute Gasteiger partial charge is 0.466 e. The summed E-state index contributed by atoms with van der Waals surface area (Å²) < 4.78 is 44.3. The highest BCUT2D eigenvalue weighted by Crippen LogP contribution is 2.33. The van der Waals surface area contributed by atoms with E-state index >= 15 is 0 Å². The molecule has 142 valence electrons. The van der Waals surface area contributed by atoms with Gasteiger partial charge in [0.05, 0.1) is 17.7 Å². The Morgan fingerprint density at radius 3 is 2.59 bits per heavy atom. The van der Waals surface area contributed by atoms with Crippen molar-refractivity contribution in [1.29, 1.82) is 0 Å². The zero-order valence-electron chi connectivity index (χ0n) is 14.6. The molecule has 2 heterocycles. The third-order valence-electron chi connectivity index (χ3n) is 5.00. The number of ether oxygens (including phenoxy) is 1. The molecule has 4 nitrogen and oxygen atoms in total. The van der Waals surface area contributed by atoms with E-state index in [4.69, 9.17) is 4.74 Å². The van der Waals surface area contributed by atoms with Crippen molar-refractivity contribution in [1.82, 2.24) is 10.2 Å². The van der Waals surface area contributed by atoms with Gasteiger partial charge in [-0.1, -0.05) is 24.3 Å². The zero-order chi connectivity index (χ0) is 19.1. The van der Waals surface area contributed by atoms with Crippen molar-refractivity contribution < 1.29 is 22.7 Å². The zero-order valence-corrected chi connectivity index (χ0v) is 14.6. The van der Waals surface area contributed by atoms with Gasteiger partial charge in [0.25, 0.3) is 5.91 Å². The van der Waals surface area contributed by atoms with Crippen LogP contribution in [-0.2, 0) is 12.7 Å². The fraction of sp³-hybridized carbons (Fsp3) is 0.350. The molecule has 0 aliphatic carbocycles. The normalized spacial score (nSPS) is 22.9. The van der Waals surface area contributed by atoms with Crippen LogP contribution in [0.5, 0.6) is 5.75 Å². The molecule has 2 aliphatic rings. The number of likely N-dealkylation sites (tertiary alicyclic amines) is 1. The number of para-hydroxylation sites is 1. The van der Waals surface area contributed by atoms with E-state index in [-0.39, 0.29) is 5.91 Å². The minimum atomic E-state index is -4.33. The Bertz CT molecular complexity index is 851. The van der Waals surface area contributed by atoms with E-state index < -0.39 is 17.5 Å². The van der Waals surface area contributed by atoms with Gasteiger partial charge in [-0.15, -0.1) is 0 Å². The summed E-state index contributed by atoms with van der Waals surface area (Å²) >= 11 is 0. The SMILES string of the molecule is O=C1NC2(CCCN(Cc3ccc(C(F)(F)F)cc3)C2)Oc2ccccc21. The summed E-state index contributed by atoms with van der Waals surface area (Å²) in [7, 11) is 0. The van der Waals surface area contributed by atoms with E-state index in [0.717, 1.165) is 30.7 Å². The lowest BCUT2D eigenvalue weighted by Gasteiger charge is -2.45. The highest BCUT2D eigenvalue weighted by atomic mass is 19.4. The second kappa shape index (κ2) is 6.56. The molecule has 0 aromatic heterocycles. The Hall–Kier alpha value is -2.54. The highest BCUT2D eigenvalue weighted by molar-refractivity contribution is 5.98. The molecule has 1 fully saturated rings. The fourth-order valence-electron chi connectivity index (χ4n) is 3.74. The van der Waals surface area contributed by atoms with Gasteiger partial charge < -0.3 is 10.1 Å². The second-order valence-corrected chi connectivity index (χ2v) is 7.06. The number of benzene rings is 2. The van der Waals surface area contributed by atoms with E-state index in [2.05, 4.69) is 10.2 Å². The summed E-state index contributed by atoms with van der Waals surface area (Å²) in [6, 6.07) is 12.3.